The van der Waals surface area contributed by atoms with Crippen LogP contribution in [-0.2, 0) is 12.4 Å². The fourth-order valence-corrected chi connectivity index (χ4v) is 3.65. The Morgan fingerprint density at radius 1 is 0.529 bits per heavy atom. The van der Waals surface area contributed by atoms with Crippen molar-refractivity contribution < 1.29 is 31.1 Å². The molecule has 0 atom stereocenters. The van der Waals surface area contributed by atoms with Gasteiger partial charge < -0.3 is 0 Å². The molecule has 0 saturated carbocycles. The van der Waals surface area contributed by atoms with Gasteiger partial charge in [0.15, 0.2) is 0 Å². The lowest BCUT2D eigenvalue weighted by Gasteiger charge is -2.16. The van der Waals surface area contributed by atoms with Crippen LogP contribution in [0.25, 0.3) is 22.3 Å². The second-order valence-electron chi connectivity index (χ2n) is 7.21. The second kappa shape index (κ2) is 8.74. The van der Waals surface area contributed by atoms with Crippen LogP contribution in [0.5, 0.6) is 0 Å². The number of carbonyl (C=O) groups is 1. The van der Waals surface area contributed by atoms with E-state index in [4.69, 9.17) is 0 Å². The third-order valence-electron chi connectivity index (χ3n) is 5.09. The molecule has 0 fully saturated rings. The molecule has 0 aliphatic rings. The first kappa shape index (κ1) is 23.2. The van der Waals surface area contributed by atoms with Gasteiger partial charge in [0.1, 0.15) is 11.4 Å². The van der Waals surface area contributed by atoms with Gasteiger partial charge in [0, 0.05) is 23.5 Å². The number of rotatable bonds is 4. The molecule has 172 valence electrons. The molecular weight excluding hydrogens is 458 g/mol. The third kappa shape index (κ3) is 4.41. The third-order valence-corrected chi connectivity index (χ3v) is 5.09. The molecule has 34 heavy (non-hydrogen) atoms. The van der Waals surface area contributed by atoms with E-state index in [9.17, 15) is 31.1 Å². The maximum Gasteiger partial charge on any atom is 0.417 e. The van der Waals surface area contributed by atoms with E-state index >= 15 is 0 Å². The van der Waals surface area contributed by atoms with Crippen LogP contribution in [0.3, 0.4) is 0 Å². The minimum Gasteiger partial charge on any atom is -0.285 e. The second-order valence-corrected chi connectivity index (χ2v) is 7.21. The van der Waals surface area contributed by atoms with E-state index < -0.39 is 29.3 Å². The Labute approximate surface area is 189 Å². The van der Waals surface area contributed by atoms with Crippen LogP contribution < -0.4 is 0 Å². The average molecular weight is 472 g/mol. The van der Waals surface area contributed by atoms with Crippen LogP contribution in [0, 0.1) is 0 Å². The number of nitrogens with zero attached hydrogens (tertiary/aromatic N) is 2. The largest absolute Gasteiger partial charge is 0.417 e. The van der Waals surface area contributed by atoms with Crippen molar-refractivity contribution >= 4 is 5.78 Å². The molecule has 0 bridgehead atoms. The standard InChI is InChI=1S/C25H14F6N2O/c26-24(27,28)19-11-3-1-7-15(19)17-9-5-13-32-21(17)23(34)22-18(10-6-14-33-22)16-8-2-4-12-20(16)25(29,30)31/h1-14H. The minimum absolute atomic E-state index is 0.110. The van der Waals surface area contributed by atoms with Crippen molar-refractivity contribution in [1.82, 2.24) is 9.97 Å². The lowest BCUT2D eigenvalue weighted by molar-refractivity contribution is -0.137. The Bertz CT molecular complexity index is 1260. The molecule has 0 aliphatic heterocycles. The van der Waals surface area contributed by atoms with E-state index in [0.717, 1.165) is 12.1 Å². The fourth-order valence-electron chi connectivity index (χ4n) is 3.65. The zero-order valence-electron chi connectivity index (χ0n) is 17.2. The molecule has 0 spiro atoms. The van der Waals surface area contributed by atoms with E-state index in [-0.39, 0.29) is 33.6 Å². The molecule has 4 rings (SSSR count). The number of pyridine rings is 2. The molecule has 3 nitrogen and oxygen atoms in total. The maximum absolute atomic E-state index is 13.6. The van der Waals surface area contributed by atoms with E-state index in [0.29, 0.717) is 0 Å². The van der Waals surface area contributed by atoms with E-state index in [1.54, 1.807) is 0 Å². The number of aromatic nitrogens is 2. The Balaban J connectivity index is 1.91. The van der Waals surface area contributed by atoms with Gasteiger partial charge in [-0.15, -0.1) is 0 Å². The molecule has 9 heteroatoms. The zero-order valence-corrected chi connectivity index (χ0v) is 17.2. The maximum atomic E-state index is 13.6. The Morgan fingerprint density at radius 2 is 0.882 bits per heavy atom. The number of carbonyl (C=O) groups excluding carboxylic acids is 1. The Morgan fingerprint density at radius 3 is 1.26 bits per heavy atom. The first-order valence-electron chi connectivity index (χ1n) is 9.87. The molecule has 2 aromatic carbocycles. The van der Waals surface area contributed by atoms with Crippen molar-refractivity contribution in [2.75, 3.05) is 0 Å². The fraction of sp³-hybridized carbons (Fsp3) is 0.0800. The molecule has 2 aromatic heterocycles. The van der Waals surface area contributed by atoms with Crippen LogP contribution in [0.15, 0.2) is 85.2 Å². The highest BCUT2D eigenvalue weighted by atomic mass is 19.4. The highest BCUT2D eigenvalue weighted by Crippen LogP contribution is 2.40. The Kier molecular flexibility index (Phi) is 5.95. The molecular formula is C25H14F6N2O. The number of hydrogen-bond acceptors (Lipinski definition) is 3. The molecule has 0 saturated heterocycles. The van der Waals surface area contributed by atoms with E-state index in [1.807, 2.05) is 0 Å². The molecule has 0 N–H and O–H groups in total. The van der Waals surface area contributed by atoms with Gasteiger partial charge in [-0.05, 0) is 35.4 Å². The summed E-state index contributed by atoms with van der Waals surface area (Å²) >= 11 is 0. The normalized spacial score (nSPS) is 11.9. The van der Waals surface area contributed by atoms with Crippen LogP contribution in [0.1, 0.15) is 27.3 Å². The summed E-state index contributed by atoms with van der Waals surface area (Å²) in [5.74, 6) is -0.903. The molecule has 2 heterocycles. The molecule has 0 unspecified atom stereocenters. The van der Waals surface area contributed by atoms with Gasteiger partial charge in [-0.25, -0.2) is 0 Å². The summed E-state index contributed by atoms with van der Waals surface area (Å²) in [5, 5.41) is 0. The predicted octanol–water partition coefficient (Wildman–Crippen LogP) is 7.08. The summed E-state index contributed by atoms with van der Waals surface area (Å²) in [7, 11) is 0. The van der Waals surface area contributed by atoms with Crippen molar-refractivity contribution in [3.05, 3.63) is 108 Å². The number of hydrogen-bond donors (Lipinski definition) is 0. The topological polar surface area (TPSA) is 42.9 Å². The number of ketones is 1. The van der Waals surface area contributed by atoms with Crippen molar-refractivity contribution in [3.63, 3.8) is 0 Å². The number of benzene rings is 2. The smallest absolute Gasteiger partial charge is 0.285 e. The lowest BCUT2D eigenvalue weighted by Crippen LogP contribution is -2.13. The van der Waals surface area contributed by atoms with Crippen LogP contribution >= 0.6 is 0 Å². The monoisotopic (exact) mass is 472 g/mol. The van der Waals surface area contributed by atoms with Crippen molar-refractivity contribution in [2.45, 2.75) is 12.4 Å². The van der Waals surface area contributed by atoms with Gasteiger partial charge in [0.25, 0.3) is 0 Å². The van der Waals surface area contributed by atoms with Gasteiger partial charge in [-0.1, -0.05) is 48.5 Å². The van der Waals surface area contributed by atoms with Gasteiger partial charge >= 0.3 is 12.4 Å². The van der Waals surface area contributed by atoms with Gasteiger partial charge in [-0.2, -0.15) is 26.3 Å². The minimum atomic E-state index is -4.70. The summed E-state index contributed by atoms with van der Waals surface area (Å²) in [6.07, 6.45) is -6.96. The van der Waals surface area contributed by atoms with Crippen molar-refractivity contribution in [1.29, 1.82) is 0 Å². The van der Waals surface area contributed by atoms with Gasteiger partial charge in [0.05, 0.1) is 11.1 Å². The van der Waals surface area contributed by atoms with Crippen LogP contribution in [0.2, 0.25) is 0 Å². The molecule has 0 aliphatic carbocycles. The molecule has 4 aromatic rings. The van der Waals surface area contributed by atoms with Crippen molar-refractivity contribution in [3.8, 4) is 22.3 Å². The molecule has 0 amide bonds. The van der Waals surface area contributed by atoms with Crippen LogP contribution in [0.4, 0.5) is 26.3 Å². The molecule has 0 radical (unpaired) electrons. The summed E-state index contributed by atoms with van der Waals surface area (Å²) in [4.78, 5) is 21.4. The Hall–Kier alpha value is -4.01. The summed E-state index contributed by atoms with van der Waals surface area (Å²) < 4.78 is 81.6. The zero-order chi connectivity index (χ0) is 24.5. The first-order valence-corrected chi connectivity index (χ1v) is 9.87. The summed E-state index contributed by atoms with van der Waals surface area (Å²) in [6, 6.07) is 14.7. The van der Waals surface area contributed by atoms with E-state index in [1.165, 1.54) is 73.1 Å². The van der Waals surface area contributed by atoms with E-state index in [2.05, 4.69) is 9.97 Å². The van der Waals surface area contributed by atoms with Gasteiger partial charge in [-0.3, -0.25) is 14.8 Å². The highest BCUT2D eigenvalue weighted by Gasteiger charge is 2.36. The summed E-state index contributed by atoms with van der Waals surface area (Å²) in [6.45, 7) is 0. The average Bonchev–Trinajstić information content (AvgIpc) is 2.82. The lowest BCUT2D eigenvalue weighted by atomic mass is 9.92. The predicted molar refractivity (Wildman–Crippen MR) is 113 cm³/mol. The number of halogens is 6. The van der Waals surface area contributed by atoms with Crippen molar-refractivity contribution in [2.24, 2.45) is 0 Å². The van der Waals surface area contributed by atoms with Gasteiger partial charge in [0.2, 0.25) is 5.78 Å². The SMILES string of the molecule is O=C(c1ncccc1-c1ccccc1C(F)(F)F)c1ncccc1-c1ccccc1C(F)(F)F. The number of alkyl halides is 6. The quantitative estimate of drug-likeness (QED) is 0.236. The van der Waals surface area contributed by atoms with Crippen LogP contribution in [-0.4, -0.2) is 15.8 Å². The highest BCUT2D eigenvalue weighted by molar-refractivity contribution is 6.13. The first-order chi connectivity index (χ1) is 16.1. The summed E-state index contributed by atoms with van der Waals surface area (Å²) in [5.41, 5.74) is -3.43.